The molecule has 0 saturated carbocycles. The first-order valence-corrected chi connectivity index (χ1v) is 5.28. The Morgan fingerprint density at radius 1 is 0.947 bits per heavy atom. The molecule has 2 N–H and O–H groups in total. The highest BCUT2D eigenvalue weighted by molar-refractivity contribution is 5.49. The van der Waals surface area contributed by atoms with E-state index in [9.17, 15) is 17.6 Å². The highest BCUT2D eigenvalue weighted by Gasteiger charge is 2.15. The quantitative estimate of drug-likeness (QED) is 0.668. The number of alkyl halides is 2. The van der Waals surface area contributed by atoms with Crippen molar-refractivity contribution in [1.29, 1.82) is 0 Å². The van der Waals surface area contributed by atoms with E-state index in [1.54, 1.807) is 0 Å². The highest BCUT2D eigenvalue weighted by Crippen LogP contribution is 2.34. The van der Waals surface area contributed by atoms with Crippen LogP contribution in [0.3, 0.4) is 0 Å². The van der Waals surface area contributed by atoms with Crippen LogP contribution in [0.2, 0.25) is 0 Å². The van der Waals surface area contributed by atoms with E-state index in [0.717, 1.165) is 24.3 Å². The first-order valence-electron chi connectivity index (χ1n) is 5.28. The first kappa shape index (κ1) is 13.2. The molecule has 0 unspecified atom stereocenters. The second-order valence-corrected chi connectivity index (χ2v) is 3.78. The molecule has 100 valence electrons. The SMILES string of the molecule is Nc1ccc(Oc2ccc(F)c(F)c2)c(C(F)F)c1. The zero-order chi connectivity index (χ0) is 14.0. The minimum absolute atomic E-state index is 0.0782. The molecule has 2 rings (SSSR count). The van der Waals surface area contributed by atoms with Crippen LogP contribution in [0.25, 0.3) is 0 Å². The van der Waals surface area contributed by atoms with E-state index in [0.29, 0.717) is 0 Å². The van der Waals surface area contributed by atoms with Gasteiger partial charge in [-0.15, -0.1) is 0 Å². The van der Waals surface area contributed by atoms with Gasteiger partial charge in [0.25, 0.3) is 6.43 Å². The first-order chi connectivity index (χ1) is 8.97. The van der Waals surface area contributed by atoms with Gasteiger partial charge in [-0.3, -0.25) is 0 Å². The van der Waals surface area contributed by atoms with E-state index >= 15 is 0 Å². The van der Waals surface area contributed by atoms with E-state index in [1.165, 1.54) is 12.1 Å². The molecule has 0 aliphatic rings. The van der Waals surface area contributed by atoms with Crippen molar-refractivity contribution in [3.8, 4) is 11.5 Å². The van der Waals surface area contributed by atoms with Gasteiger partial charge in [-0.2, -0.15) is 0 Å². The van der Waals surface area contributed by atoms with E-state index in [4.69, 9.17) is 10.5 Å². The van der Waals surface area contributed by atoms with Crippen LogP contribution in [0, 0.1) is 11.6 Å². The minimum atomic E-state index is -2.79. The Balaban J connectivity index is 2.35. The summed E-state index contributed by atoms with van der Waals surface area (Å²) in [4.78, 5) is 0. The lowest BCUT2D eigenvalue weighted by Gasteiger charge is -2.11. The predicted molar refractivity (Wildman–Crippen MR) is 62.2 cm³/mol. The lowest BCUT2D eigenvalue weighted by Crippen LogP contribution is -1.95. The van der Waals surface area contributed by atoms with E-state index < -0.39 is 23.6 Å². The Labute approximate surface area is 106 Å². The fourth-order valence-electron chi connectivity index (χ4n) is 1.50. The van der Waals surface area contributed by atoms with Crippen molar-refractivity contribution in [2.75, 3.05) is 5.73 Å². The number of nitrogen functional groups attached to an aromatic ring is 1. The lowest BCUT2D eigenvalue weighted by atomic mass is 10.2. The van der Waals surface area contributed by atoms with Crippen molar-refractivity contribution in [3.05, 3.63) is 53.6 Å². The number of hydrogen-bond donors (Lipinski definition) is 1. The average molecular weight is 271 g/mol. The number of ether oxygens (including phenoxy) is 1. The fraction of sp³-hybridized carbons (Fsp3) is 0.0769. The summed E-state index contributed by atoms with van der Waals surface area (Å²) in [6.45, 7) is 0. The second kappa shape index (κ2) is 5.17. The second-order valence-electron chi connectivity index (χ2n) is 3.78. The number of anilines is 1. The molecule has 0 radical (unpaired) electrons. The van der Waals surface area contributed by atoms with E-state index in [2.05, 4.69) is 0 Å². The summed E-state index contributed by atoms with van der Waals surface area (Å²) in [5, 5.41) is 0. The third-order valence-electron chi connectivity index (χ3n) is 2.39. The van der Waals surface area contributed by atoms with Crippen molar-refractivity contribution in [2.24, 2.45) is 0 Å². The van der Waals surface area contributed by atoms with Gasteiger partial charge in [0.15, 0.2) is 11.6 Å². The predicted octanol–water partition coefficient (Wildman–Crippen LogP) is 4.28. The van der Waals surface area contributed by atoms with Gasteiger partial charge in [-0.05, 0) is 30.3 Å². The highest BCUT2D eigenvalue weighted by atomic mass is 19.3. The third-order valence-corrected chi connectivity index (χ3v) is 2.39. The maximum absolute atomic E-state index is 13.0. The molecule has 19 heavy (non-hydrogen) atoms. The van der Waals surface area contributed by atoms with Crippen LogP contribution < -0.4 is 10.5 Å². The largest absolute Gasteiger partial charge is 0.457 e. The molecular formula is C13H9F4NO. The van der Waals surface area contributed by atoms with E-state index in [1.807, 2.05) is 0 Å². The van der Waals surface area contributed by atoms with Gasteiger partial charge >= 0.3 is 0 Å². The van der Waals surface area contributed by atoms with Crippen molar-refractivity contribution in [1.82, 2.24) is 0 Å². The molecule has 0 aliphatic carbocycles. The Morgan fingerprint density at radius 2 is 1.68 bits per heavy atom. The topological polar surface area (TPSA) is 35.2 Å². The molecule has 0 aliphatic heterocycles. The van der Waals surface area contributed by atoms with Crippen LogP contribution in [0.4, 0.5) is 23.2 Å². The molecule has 0 saturated heterocycles. The molecule has 0 atom stereocenters. The maximum atomic E-state index is 13.0. The molecule has 0 aromatic heterocycles. The molecule has 0 amide bonds. The molecule has 0 fully saturated rings. The summed E-state index contributed by atoms with van der Waals surface area (Å²) in [7, 11) is 0. The molecule has 2 aromatic carbocycles. The molecular weight excluding hydrogens is 262 g/mol. The molecule has 0 bridgehead atoms. The standard InChI is InChI=1S/C13H9F4NO/c14-10-3-2-8(6-11(10)15)19-12-4-1-7(18)5-9(12)13(16)17/h1-6,13H,18H2. The minimum Gasteiger partial charge on any atom is -0.457 e. The summed E-state index contributed by atoms with van der Waals surface area (Å²) < 4.78 is 56.4. The van der Waals surface area contributed by atoms with Crippen molar-refractivity contribution < 1.29 is 22.3 Å². The summed E-state index contributed by atoms with van der Waals surface area (Å²) >= 11 is 0. The Hall–Kier alpha value is -2.24. The number of halogens is 4. The van der Waals surface area contributed by atoms with Crippen LogP contribution in [-0.4, -0.2) is 0 Å². The average Bonchev–Trinajstić information content (AvgIpc) is 2.36. The van der Waals surface area contributed by atoms with Crippen LogP contribution >= 0.6 is 0 Å². The third kappa shape index (κ3) is 2.96. The van der Waals surface area contributed by atoms with Gasteiger partial charge in [0.05, 0.1) is 5.56 Å². The summed E-state index contributed by atoms with van der Waals surface area (Å²) in [5.41, 5.74) is 5.15. The Morgan fingerprint density at radius 3 is 2.32 bits per heavy atom. The van der Waals surface area contributed by atoms with Crippen LogP contribution in [0.1, 0.15) is 12.0 Å². The zero-order valence-corrected chi connectivity index (χ0v) is 9.54. The van der Waals surface area contributed by atoms with Gasteiger partial charge in [0.2, 0.25) is 0 Å². The maximum Gasteiger partial charge on any atom is 0.267 e. The van der Waals surface area contributed by atoms with Crippen LogP contribution in [0.15, 0.2) is 36.4 Å². The monoisotopic (exact) mass is 271 g/mol. The van der Waals surface area contributed by atoms with Crippen LogP contribution in [-0.2, 0) is 0 Å². The molecule has 0 spiro atoms. The fourth-order valence-corrected chi connectivity index (χ4v) is 1.50. The molecule has 2 aromatic rings. The van der Waals surface area contributed by atoms with Gasteiger partial charge in [0.1, 0.15) is 11.5 Å². The van der Waals surface area contributed by atoms with Gasteiger partial charge in [-0.1, -0.05) is 0 Å². The molecule has 2 nitrogen and oxygen atoms in total. The van der Waals surface area contributed by atoms with Gasteiger partial charge in [-0.25, -0.2) is 17.6 Å². The summed E-state index contributed by atoms with van der Waals surface area (Å²) in [6.07, 6.45) is -2.79. The number of rotatable bonds is 3. The summed E-state index contributed by atoms with van der Waals surface area (Å²) in [6, 6.07) is 6.47. The van der Waals surface area contributed by atoms with E-state index in [-0.39, 0.29) is 17.2 Å². The van der Waals surface area contributed by atoms with Crippen LogP contribution in [0.5, 0.6) is 11.5 Å². The smallest absolute Gasteiger partial charge is 0.267 e. The molecule has 6 heteroatoms. The lowest BCUT2D eigenvalue weighted by molar-refractivity contribution is 0.148. The van der Waals surface area contributed by atoms with Crippen molar-refractivity contribution >= 4 is 5.69 Å². The zero-order valence-electron chi connectivity index (χ0n) is 9.54. The number of hydrogen-bond acceptors (Lipinski definition) is 2. The number of benzene rings is 2. The Kier molecular flexibility index (Phi) is 3.59. The van der Waals surface area contributed by atoms with Crippen molar-refractivity contribution in [3.63, 3.8) is 0 Å². The Bertz CT molecular complexity index is 601. The molecule has 0 heterocycles. The normalized spacial score (nSPS) is 10.8. The number of nitrogens with two attached hydrogens (primary N) is 1. The summed E-state index contributed by atoms with van der Waals surface area (Å²) in [5.74, 6) is -2.40. The van der Waals surface area contributed by atoms with Gasteiger partial charge < -0.3 is 10.5 Å². The van der Waals surface area contributed by atoms with Gasteiger partial charge in [0, 0.05) is 11.8 Å². The van der Waals surface area contributed by atoms with Crippen molar-refractivity contribution in [2.45, 2.75) is 6.43 Å².